The fourth-order valence-corrected chi connectivity index (χ4v) is 1.92. The summed E-state index contributed by atoms with van der Waals surface area (Å²) in [6.45, 7) is 4.96. The minimum atomic E-state index is -0.243. The van der Waals surface area contributed by atoms with E-state index in [1.807, 2.05) is 6.92 Å². The third-order valence-electron chi connectivity index (χ3n) is 2.48. The molecule has 0 aromatic heterocycles. The Morgan fingerprint density at radius 3 is 2.60 bits per heavy atom. The molecule has 0 aromatic carbocycles. The Labute approximate surface area is 61.5 Å². The molecule has 58 valence electrons. The molecule has 2 aliphatic heterocycles. The fourth-order valence-electron chi connectivity index (χ4n) is 1.92. The second-order valence-corrected chi connectivity index (χ2v) is 3.83. The molecule has 0 N–H and O–H groups in total. The van der Waals surface area contributed by atoms with Gasteiger partial charge in [-0.15, -0.1) is 0 Å². The van der Waals surface area contributed by atoms with Gasteiger partial charge in [0.05, 0.1) is 12.2 Å². The molecular formula is C8H14O2. The third-order valence-corrected chi connectivity index (χ3v) is 2.48. The molecule has 2 fully saturated rings. The molecule has 0 spiro atoms. The molecule has 0 aliphatic carbocycles. The molecule has 2 nitrogen and oxygen atoms in total. The van der Waals surface area contributed by atoms with E-state index in [0.717, 1.165) is 19.4 Å². The first-order valence-corrected chi connectivity index (χ1v) is 3.96. The van der Waals surface area contributed by atoms with Crippen LogP contribution in [0.3, 0.4) is 0 Å². The van der Waals surface area contributed by atoms with Crippen LogP contribution in [0, 0.1) is 0 Å². The molecule has 0 saturated carbocycles. The van der Waals surface area contributed by atoms with Crippen molar-refractivity contribution < 1.29 is 9.47 Å². The summed E-state index contributed by atoms with van der Waals surface area (Å²) >= 11 is 0. The van der Waals surface area contributed by atoms with Crippen LogP contribution in [0.1, 0.15) is 33.1 Å². The smallest absolute Gasteiger partial charge is 0.166 e. The van der Waals surface area contributed by atoms with Crippen molar-refractivity contribution in [1.82, 2.24) is 0 Å². The van der Waals surface area contributed by atoms with E-state index in [1.54, 1.807) is 0 Å². The number of fused-ring (bicyclic) bond motifs is 2. The van der Waals surface area contributed by atoms with Gasteiger partial charge in [-0.2, -0.15) is 0 Å². The fraction of sp³-hybridized carbons (Fsp3) is 1.00. The number of rotatable bonds is 0. The van der Waals surface area contributed by atoms with E-state index < -0.39 is 0 Å². The summed E-state index contributed by atoms with van der Waals surface area (Å²) in [6, 6.07) is 0. The van der Waals surface area contributed by atoms with Gasteiger partial charge in [0.1, 0.15) is 0 Å². The highest BCUT2D eigenvalue weighted by Gasteiger charge is 2.47. The lowest BCUT2D eigenvalue weighted by molar-refractivity contribution is -0.195. The maximum Gasteiger partial charge on any atom is 0.166 e. The van der Waals surface area contributed by atoms with E-state index in [0.29, 0.717) is 0 Å². The SMILES string of the molecule is CC12CCCC(C)(OC1)O2. The highest BCUT2D eigenvalue weighted by Crippen LogP contribution is 2.42. The van der Waals surface area contributed by atoms with E-state index in [9.17, 15) is 0 Å². The second kappa shape index (κ2) is 1.74. The largest absolute Gasteiger partial charge is 0.347 e. The van der Waals surface area contributed by atoms with Gasteiger partial charge in [-0.05, 0) is 26.7 Å². The lowest BCUT2D eigenvalue weighted by Gasteiger charge is -2.32. The highest BCUT2D eigenvalue weighted by molar-refractivity contribution is 4.90. The average molecular weight is 142 g/mol. The van der Waals surface area contributed by atoms with E-state index in [-0.39, 0.29) is 11.4 Å². The van der Waals surface area contributed by atoms with Crippen molar-refractivity contribution in [1.29, 1.82) is 0 Å². The van der Waals surface area contributed by atoms with Crippen molar-refractivity contribution in [3.05, 3.63) is 0 Å². The van der Waals surface area contributed by atoms with Gasteiger partial charge >= 0.3 is 0 Å². The van der Waals surface area contributed by atoms with Crippen LogP contribution in [-0.4, -0.2) is 18.0 Å². The van der Waals surface area contributed by atoms with Crippen LogP contribution in [-0.2, 0) is 9.47 Å². The van der Waals surface area contributed by atoms with Gasteiger partial charge < -0.3 is 9.47 Å². The van der Waals surface area contributed by atoms with Crippen LogP contribution >= 0.6 is 0 Å². The molecule has 0 aromatic rings. The summed E-state index contributed by atoms with van der Waals surface area (Å²) in [4.78, 5) is 0. The molecule has 0 amide bonds. The van der Waals surface area contributed by atoms with Gasteiger partial charge in [0.2, 0.25) is 0 Å². The van der Waals surface area contributed by atoms with E-state index in [4.69, 9.17) is 9.47 Å². The molecule has 2 aliphatic rings. The molecule has 2 heteroatoms. The molecule has 0 radical (unpaired) electrons. The maximum absolute atomic E-state index is 5.75. The van der Waals surface area contributed by atoms with Gasteiger partial charge in [0.15, 0.2) is 5.79 Å². The number of hydrogen-bond acceptors (Lipinski definition) is 2. The Bertz CT molecular complexity index is 141. The van der Waals surface area contributed by atoms with E-state index in [1.165, 1.54) is 6.42 Å². The summed E-state index contributed by atoms with van der Waals surface area (Å²) < 4.78 is 11.3. The first-order valence-electron chi connectivity index (χ1n) is 3.96. The van der Waals surface area contributed by atoms with Crippen LogP contribution in [0.5, 0.6) is 0 Å². The Hall–Kier alpha value is -0.0800. The Morgan fingerprint density at radius 2 is 2.00 bits per heavy atom. The predicted molar refractivity (Wildman–Crippen MR) is 37.7 cm³/mol. The minimum absolute atomic E-state index is 0.0347. The van der Waals surface area contributed by atoms with Crippen molar-refractivity contribution in [2.24, 2.45) is 0 Å². The molecule has 2 rings (SSSR count). The minimum Gasteiger partial charge on any atom is -0.347 e. The van der Waals surface area contributed by atoms with Gasteiger partial charge in [0, 0.05) is 6.42 Å². The number of hydrogen-bond donors (Lipinski definition) is 0. The summed E-state index contributed by atoms with van der Waals surface area (Å²) in [7, 11) is 0. The summed E-state index contributed by atoms with van der Waals surface area (Å²) in [6.07, 6.45) is 3.46. The topological polar surface area (TPSA) is 18.5 Å². The zero-order valence-corrected chi connectivity index (χ0v) is 6.64. The van der Waals surface area contributed by atoms with Crippen molar-refractivity contribution >= 4 is 0 Å². The average Bonchev–Trinajstić information content (AvgIpc) is 2.03. The van der Waals surface area contributed by atoms with E-state index >= 15 is 0 Å². The van der Waals surface area contributed by atoms with Crippen LogP contribution in [0.2, 0.25) is 0 Å². The Kier molecular flexibility index (Phi) is 1.15. The highest BCUT2D eigenvalue weighted by atomic mass is 16.8. The third kappa shape index (κ3) is 0.867. The first-order chi connectivity index (χ1) is 4.62. The van der Waals surface area contributed by atoms with Crippen molar-refractivity contribution in [3.8, 4) is 0 Å². The number of ether oxygens (including phenoxy) is 2. The first kappa shape index (κ1) is 6.62. The summed E-state index contributed by atoms with van der Waals surface area (Å²) in [5, 5.41) is 0. The van der Waals surface area contributed by atoms with Crippen LogP contribution < -0.4 is 0 Å². The summed E-state index contributed by atoms with van der Waals surface area (Å²) in [5.74, 6) is -0.243. The van der Waals surface area contributed by atoms with E-state index in [2.05, 4.69) is 6.92 Å². The quantitative estimate of drug-likeness (QED) is 0.512. The predicted octanol–water partition coefficient (Wildman–Crippen LogP) is 1.69. The summed E-state index contributed by atoms with van der Waals surface area (Å²) in [5.41, 5.74) is 0.0347. The molecule has 10 heavy (non-hydrogen) atoms. The van der Waals surface area contributed by atoms with Gasteiger partial charge in [-0.25, -0.2) is 0 Å². The molecular weight excluding hydrogens is 128 g/mol. The second-order valence-electron chi connectivity index (χ2n) is 3.83. The molecule has 2 unspecified atom stereocenters. The normalized spacial score (nSPS) is 53.4. The Morgan fingerprint density at radius 1 is 1.20 bits per heavy atom. The lowest BCUT2D eigenvalue weighted by atomic mass is 9.96. The van der Waals surface area contributed by atoms with Gasteiger partial charge in [-0.1, -0.05) is 0 Å². The van der Waals surface area contributed by atoms with Crippen molar-refractivity contribution in [3.63, 3.8) is 0 Å². The molecule has 2 bridgehead atoms. The van der Waals surface area contributed by atoms with Gasteiger partial charge in [-0.3, -0.25) is 0 Å². The van der Waals surface area contributed by atoms with Crippen LogP contribution in [0.4, 0.5) is 0 Å². The zero-order chi connectivity index (χ0) is 7.24. The standard InChI is InChI=1S/C8H14O2/c1-7-4-3-5-8(2,10-7)9-6-7/h3-6H2,1-2H3. The lowest BCUT2D eigenvalue weighted by Crippen LogP contribution is -2.37. The Balaban J connectivity index is 2.20. The van der Waals surface area contributed by atoms with Crippen LogP contribution in [0.25, 0.3) is 0 Å². The monoisotopic (exact) mass is 142 g/mol. The maximum atomic E-state index is 5.75. The van der Waals surface area contributed by atoms with Crippen molar-refractivity contribution in [2.45, 2.75) is 44.5 Å². The molecule has 2 heterocycles. The van der Waals surface area contributed by atoms with Crippen LogP contribution in [0.15, 0.2) is 0 Å². The van der Waals surface area contributed by atoms with Gasteiger partial charge in [0.25, 0.3) is 0 Å². The molecule has 2 atom stereocenters. The molecule has 2 saturated heterocycles. The van der Waals surface area contributed by atoms with Crippen molar-refractivity contribution in [2.75, 3.05) is 6.61 Å². The zero-order valence-electron chi connectivity index (χ0n) is 6.64.